The molecule has 0 saturated carbocycles. The first-order valence-corrected chi connectivity index (χ1v) is 12.5. The van der Waals surface area contributed by atoms with Crippen molar-refractivity contribution in [2.75, 3.05) is 0 Å². The number of aromatic nitrogens is 6. The fourth-order valence-corrected chi connectivity index (χ4v) is 4.20. The Morgan fingerprint density at radius 3 is 0.881 bits per heavy atom. The summed E-state index contributed by atoms with van der Waals surface area (Å²) in [7, 11) is 0. The Balaban J connectivity index is 1.31. The zero-order chi connectivity index (χ0) is 28.6. The van der Waals surface area contributed by atoms with Crippen molar-refractivity contribution >= 4 is 0 Å². The van der Waals surface area contributed by atoms with Crippen LogP contribution < -0.4 is 0 Å². The van der Waals surface area contributed by atoms with Gasteiger partial charge in [-0.25, -0.2) is 0 Å². The highest BCUT2D eigenvalue weighted by Gasteiger charge is 2.20. The lowest BCUT2D eigenvalue weighted by molar-refractivity contribution is 0.429. The first-order chi connectivity index (χ1) is 20.5. The van der Waals surface area contributed by atoms with E-state index in [9.17, 15) is 15.3 Å². The van der Waals surface area contributed by atoms with Crippen molar-refractivity contribution in [3.8, 4) is 85.8 Å². The molecular weight excluding hydrogens is 540 g/mol. The maximum Gasteiger partial charge on any atom is 0.258 e. The number of phenols is 3. The molecule has 7 rings (SSSR count). The Bertz CT molecular complexity index is 1770. The van der Waals surface area contributed by atoms with Crippen LogP contribution in [0.3, 0.4) is 0 Å². The van der Waals surface area contributed by atoms with Crippen molar-refractivity contribution in [1.82, 2.24) is 30.4 Å². The maximum absolute atomic E-state index is 9.61. The van der Waals surface area contributed by atoms with E-state index in [0.717, 1.165) is 0 Å². The molecule has 3 aromatic heterocycles. The third-order valence-corrected chi connectivity index (χ3v) is 6.33. The Hall–Kier alpha value is -6.30. The van der Waals surface area contributed by atoms with Gasteiger partial charge in [0.2, 0.25) is 17.5 Å². The van der Waals surface area contributed by atoms with Gasteiger partial charge in [0.15, 0.2) is 0 Å². The van der Waals surface area contributed by atoms with E-state index in [1.54, 1.807) is 54.6 Å². The van der Waals surface area contributed by atoms with Crippen molar-refractivity contribution in [2.24, 2.45) is 0 Å². The molecule has 204 valence electrons. The molecule has 0 aliphatic heterocycles. The number of phenolic OH excluding ortho intramolecular Hbond substituents is 3. The molecule has 3 heterocycles. The molecule has 0 amide bonds. The van der Waals surface area contributed by atoms with Crippen molar-refractivity contribution in [3.05, 3.63) is 91.0 Å². The monoisotopic (exact) mass is 558 g/mol. The first-order valence-electron chi connectivity index (χ1n) is 12.5. The van der Waals surface area contributed by atoms with Crippen LogP contribution in [0, 0.1) is 0 Å². The maximum atomic E-state index is 9.61. The van der Waals surface area contributed by atoms with Gasteiger partial charge in [-0.15, -0.1) is 0 Å². The molecule has 0 aliphatic rings. The minimum Gasteiger partial charge on any atom is -0.508 e. The molecule has 4 aromatic carbocycles. The number of nitrogens with zero attached hydrogens (tertiary/aromatic N) is 6. The van der Waals surface area contributed by atoms with Crippen molar-refractivity contribution in [1.29, 1.82) is 0 Å². The van der Waals surface area contributed by atoms with Gasteiger partial charge in [0, 0.05) is 33.4 Å². The minimum absolute atomic E-state index is 0.122. The summed E-state index contributed by atoms with van der Waals surface area (Å²) in [6.45, 7) is 0. The largest absolute Gasteiger partial charge is 0.508 e. The van der Waals surface area contributed by atoms with Gasteiger partial charge in [0.05, 0.1) is 0 Å². The van der Waals surface area contributed by atoms with Crippen LogP contribution in [0.25, 0.3) is 68.5 Å². The summed E-state index contributed by atoms with van der Waals surface area (Å²) in [5.41, 5.74) is 3.54. The standard InChI is InChI=1S/C30H18N6O6/c37-22-7-1-16(2-8-22)25-31-28(40-34-25)19-13-20(29-32-26(35-41-29)17-3-9-23(38)10-4-17)15-21(14-19)30-33-27(36-42-30)18-5-11-24(39)12-6-18/h1-15,37-39H. The van der Waals surface area contributed by atoms with Crippen LogP contribution in [-0.2, 0) is 0 Å². The van der Waals surface area contributed by atoms with Gasteiger partial charge < -0.3 is 28.9 Å². The second kappa shape index (κ2) is 10.0. The highest BCUT2D eigenvalue weighted by Crippen LogP contribution is 2.34. The Labute approximate surface area is 236 Å². The highest BCUT2D eigenvalue weighted by molar-refractivity contribution is 5.75. The quantitative estimate of drug-likeness (QED) is 0.219. The van der Waals surface area contributed by atoms with Crippen molar-refractivity contribution in [2.45, 2.75) is 0 Å². The predicted molar refractivity (Wildman–Crippen MR) is 148 cm³/mol. The second-order valence-corrected chi connectivity index (χ2v) is 9.21. The van der Waals surface area contributed by atoms with Crippen LogP contribution in [0.1, 0.15) is 0 Å². The number of benzene rings is 4. The van der Waals surface area contributed by atoms with E-state index in [2.05, 4.69) is 30.4 Å². The Morgan fingerprint density at radius 1 is 0.357 bits per heavy atom. The molecule has 0 radical (unpaired) electrons. The van der Waals surface area contributed by atoms with Gasteiger partial charge in [-0.05, 0) is 91.0 Å². The lowest BCUT2D eigenvalue weighted by Crippen LogP contribution is -1.88. The summed E-state index contributed by atoms with van der Waals surface area (Å²) in [5.74, 6) is 1.98. The molecule has 0 unspecified atom stereocenters. The summed E-state index contributed by atoms with van der Waals surface area (Å²) in [6.07, 6.45) is 0. The topological polar surface area (TPSA) is 177 Å². The molecule has 0 atom stereocenters. The van der Waals surface area contributed by atoms with Crippen LogP contribution in [0.2, 0.25) is 0 Å². The molecular formula is C30H18N6O6. The molecule has 0 fully saturated rings. The van der Waals surface area contributed by atoms with E-state index in [1.165, 1.54) is 36.4 Å². The van der Waals surface area contributed by atoms with Crippen LogP contribution in [-0.4, -0.2) is 45.7 Å². The molecule has 12 nitrogen and oxygen atoms in total. The number of hydrogen-bond donors (Lipinski definition) is 3. The highest BCUT2D eigenvalue weighted by atomic mass is 16.5. The third-order valence-electron chi connectivity index (χ3n) is 6.33. The third kappa shape index (κ3) is 4.79. The zero-order valence-corrected chi connectivity index (χ0v) is 21.4. The van der Waals surface area contributed by atoms with Crippen LogP contribution in [0.5, 0.6) is 17.2 Å². The SMILES string of the molecule is Oc1ccc(-c2noc(-c3cc(-c4nc(-c5ccc(O)cc5)no4)cc(-c4nc(-c5ccc(O)cc5)no4)c3)n2)cc1. The van der Waals surface area contributed by atoms with Crippen LogP contribution >= 0.6 is 0 Å². The van der Waals surface area contributed by atoms with E-state index in [0.29, 0.717) is 50.9 Å². The summed E-state index contributed by atoms with van der Waals surface area (Å²) < 4.78 is 16.8. The van der Waals surface area contributed by atoms with Gasteiger partial charge in [0.1, 0.15) is 17.2 Å². The van der Waals surface area contributed by atoms with Crippen LogP contribution in [0.15, 0.2) is 105 Å². The number of hydrogen-bond acceptors (Lipinski definition) is 12. The van der Waals surface area contributed by atoms with Gasteiger partial charge in [-0.2, -0.15) is 15.0 Å². The van der Waals surface area contributed by atoms with Crippen molar-refractivity contribution in [3.63, 3.8) is 0 Å². The van der Waals surface area contributed by atoms with E-state index in [1.807, 2.05) is 0 Å². The van der Waals surface area contributed by atoms with Gasteiger partial charge in [-0.3, -0.25) is 0 Å². The smallest absolute Gasteiger partial charge is 0.258 e. The zero-order valence-electron chi connectivity index (χ0n) is 21.4. The fraction of sp³-hybridized carbons (Fsp3) is 0. The summed E-state index contributed by atoms with van der Waals surface area (Å²) in [6, 6.07) is 24.5. The van der Waals surface area contributed by atoms with Gasteiger partial charge >= 0.3 is 0 Å². The molecule has 0 aliphatic carbocycles. The van der Waals surface area contributed by atoms with E-state index in [-0.39, 0.29) is 34.9 Å². The Morgan fingerprint density at radius 2 is 0.619 bits per heavy atom. The first kappa shape index (κ1) is 24.7. The molecule has 0 spiro atoms. The van der Waals surface area contributed by atoms with Crippen molar-refractivity contribution < 1.29 is 28.9 Å². The minimum atomic E-state index is 0.122. The normalized spacial score (nSPS) is 11.1. The molecule has 42 heavy (non-hydrogen) atoms. The van der Waals surface area contributed by atoms with Gasteiger partial charge in [0.25, 0.3) is 17.7 Å². The molecule has 7 aromatic rings. The van der Waals surface area contributed by atoms with E-state index >= 15 is 0 Å². The number of rotatable bonds is 6. The second-order valence-electron chi connectivity index (χ2n) is 9.21. The fourth-order valence-electron chi connectivity index (χ4n) is 4.20. The number of aromatic hydroxyl groups is 3. The average molecular weight is 559 g/mol. The summed E-state index contributed by atoms with van der Waals surface area (Å²) >= 11 is 0. The molecule has 0 saturated heterocycles. The summed E-state index contributed by atoms with van der Waals surface area (Å²) in [5, 5.41) is 41.1. The van der Waals surface area contributed by atoms with Gasteiger partial charge in [-0.1, -0.05) is 15.5 Å². The lowest BCUT2D eigenvalue weighted by Gasteiger charge is -2.02. The molecule has 3 N–H and O–H groups in total. The predicted octanol–water partition coefficient (Wildman–Crippen LogP) is 5.95. The van der Waals surface area contributed by atoms with E-state index in [4.69, 9.17) is 13.6 Å². The van der Waals surface area contributed by atoms with E-state index < -0.39 is 0 Å². The Kier molecular flexibility index (Phi) is 5.90. The van der Waals surface area contributed by atoms with Crippen LogP contribution in [0.4, 0.5) is 0 Å². The average Bonchev–Trinajstić information content (AvgIpc) is 3.80. The lowest BCUT2D eigenvalue weighted by atomic mass is 10.0. The summed E-state index contributed by atoms with van der Waals surface area (Å²) in [4.78, 5) is 13.6. The molecule has 0 bridgehead atoms. The molecule has 12 heteroatoms.